The van der Waals surface area contributed by atoms with E-state index in [-0.39, 0.29) is 11.8 Å². The van der Waals surface area contributed by atoms with E-state index in [1.54, 1.807) is 5.48 Å². The molecule has 0 spiro atoms. The van der Waals surface area contributed by atoms with Gasteiger partial charge in [0.2, 0.25) is 5.91 Å². The molecule has 0 aliphatic heterocycles. The van der Waals surface area contributed by atoms with Crippen molar-refractivity contribution in [2.24, 2.45) is 0 Å². The fourth-order valence-electron chi connectivity index (χ4n) is 2.14. The second kappa shape index (κ2) is 7.44. The largest absolute Gasteiger partial charge is 0.351 e. The number of fused-ring (bicyclic) bond motifs is 1. The number of para-hydroxylation sites is 1. The summed E-state index contributed by atoms with van der Waals surface area (Å²) in [5, 5.41) is 12.2. The van der Waals surface area contributed by atoms with Crippen LogP contribution in [0.15, 0.2) is 30.3 Å². The van der Waals surface area contributed by atoms with Gasteiger partial charge in [-0.15, -0.1) is 0 Å². The van der Waals surface area contributed by atoms with E-state index in [2.05, 4.69) is 10.3 Å². The molecule has 2 amide bonds. The number of benzene rings is 1. The standard InChI is InChI=1S/C15H19N3O3/c19-14(18-21)8-2-1-5-9-16-15(20)13-10-11-6-3-4-7-12(11)17-13/h3-4,6-7,10,17,21H,1-2,5,8-9H2,(H,16,20)(H,18,19). The monoisotopic (exact) mass is 289 g/mol. The molecule has 0 fully saturated rings. The molecule has 6 heteroatoms. The van der Waals surface area contributed by atoms with E-state index < -0.39 is 0 Å². The van der Waals surface area contributed by atoms with E-state index in [1.807, 2.05) is 30.3 Å². The molecule has 1 aromatic heterocycles. The number of aromatic amines is 1. The highest BCUT2D eigenvalue weighted by Gasteiger charge is 2.08. The van der Waals surface area contributed by atoms with Crippen molar-refractivity contribution >= 4 is 22.7 Å². The van der Waals surface area contributed by atoms with Gasteiger partial charge in [-0.1, -0.05) is 24.6 Å². The molecule has 2 rings (SSSR count). The predicted molar refractivity (Wildman–Crippen MR) is 79.0 cm³/mol. The number of H-pyrrole nitrogens is 1. The lowest BCUT2D eigenvalue weighted by atomic mass is 10.2. The zero-order chi connectivity index (χ0) is 15.1. The topological polar surface area (TPSA) is 94.2 Å². The van der Waals surface area contributed by atoms with Gasteiger partial charge in [0.15, 0.2) is 0 Å². The first-order valence-electron chi connectivity index (χ1n) is 6.99. The van der Waals surface area contributed by atoms with Crippen molar-refractivity contribution in [3.05, 3.63) is 36.0 Å². The molecule has 0 radical (unpaired) electrons. The molecule has 0 bridgehead atoms. The Balaban J connectivity index is 1.71. The summed E-state index contributed by atoms with van der Waals surface area (Å²) >= 11 is 0. The van der Waals surface area contributed by atoms with Crippen LogP contribution in [0.4, 0.5) is 0 Å². The molecule has 6 nitrogen and oxygen atoms in total. The third-order valence-electron chi connectivity index (χ3n) is 3.27. The van der Waals surface area contributed by atoms with Crippen LogP contribution < -0.4 is 10.8 Å². The molecule has 0 aliphatic rings. The number of carbonyl (C=O) groups is 2. The molecule has 21 heavy (non-hydrogen) atoms. The van der Waals surface area contributed by atoms with Crippen molar-refractivity contribution in [1.82, 2.24) is 15.8 Å². The Morgan fingerprint density at radius 3 is 2.71 bits per heavy atom. The Morgan fingerprint density at radius 1 is 1.14 bits per heavy atom. The number of unbranched alkanes of at least 4 members (excludes halogenated alkanes) is 2. The normalized spacial score (nSPS) is 10.5. The summed E-state index contributed by atoms with van der Waals surface area (Å²) in [6, 6.07) is 9.56. The van der Waals surface area contributed by atoms with E-state index >= 15 is 0 Å². The maximum absolute atomic E-state index is 12.0. The molecule has 2 aromatic rings. The highest BCUT2D eigenvalue weighted by atomic mass is 16.5. The maximum Gasteiger partial charge on any atom is 0.267 e. The molecular formula is C15H19N3O3. The molecule has 0 atom stereocenters. The lowest BCUT2D eigenvalue weighted by Gasteiger charge is -2.03. The average Bonchev–Trinajstić information content (AvgIpc) is 2.94. The van der Waals surface area contributed by atoms with E-state index in [4.69, 9.17) is 5.21 Å². The van der Waals surface area contributed by atoms with Crippen molar-refractivity contribution < 1.29 is 14.8 Å². The summed E-state index contributed by atoms with van der Waals surface area (Å²) in [6.07, 6.45) is 2.60. The molecule has 0 saturated carbocycles. The minimum Gasteiger partial charge on any atom is -0.351 e. The van der Waals surface area contributed by atoms with Crippen LogP contribution in [-0.2, 0) is 4.79 Å². The zero-order valence-electron chi connectivity index (χ0n) is 11.7. The molecule has 0 aliphatic carbocycles. The van der Waals surface area contributed by atoms with Crippen molar-refractivity contribution in [2.75, 3.05) is 6.54 Å². The molecule has 112 valence electrons. The van der Waals surface area contributed by atoms with Crippen LogP contribution in [0.1, 0.15) is 36.2 Å². The Bertz CT molecular complexity index is 588. The molecule has 4 N–H and O–H groups in total. The van der Waals surface area contributed by atoms with Crippen LogP contribution >= 0.6 is 0 Å². The molecular weight excluding hydrogens is 270 g/mol. The van der Waals surface area contributed by atoms with Gasteiger partial charge in [0.05, 0.1) is 0 Å². The lowest BCUT2D eigenvalue weighted by Crippen LogP contribution is -2.24. The molecule has 1 heterocycles. The predicted octanol–water partition coefficient (Wildman–Crippen LogP) is 1.96. The summed E-state index contributed by atoms with van der Waals surface area (Å²) in [5.41, 5.74) is 3.09. The van der Waals surface area contributed by atoms with Gasteiger partial charge in [-0.25, -0.2) is 5.48 Å². The highest BCUT2D eigenvalue weighted by Crippen LogP contribution is 2.14. The van der Waals surface area contributed by atoms with Crippen LogP contribution in [0, 0.1) is 0 Å². The smallest absolute Gasteiger partial charge is 0.267 e. The summed E-state index contributed by atoms with van der Waals surface area (Å²) in [5.74, 6) is -0.503. The lowest BCUT2D eigenvalue weighted by molar-refractivity contribution is -0.129. The first kappa shape index (κ1) is 15.1. The Hall–Kier alpha value is -2.34. The summed E-state index contributed by atoms with van der Waals surface area (Å²) < 4.78 is 0. The van der Waals surface area contributed by atoms with Crippen molar-refractivity contribution in [1.29, 1.82) is 0 Å². The number of nitrogens with one attached hydrogen (secondary N) is 3. The van der Waals surface area contributed by atoms with E-state index in [0.717, 1.165) is 23.7 Å². The third kappa shape index (κ3) is 4.32. The van der Waals surface area contributed by atoms with Crippen LogP contribution in [0.3, 0.4) is 0 Å². The van der Waals surface area contributed by atoms with E-state index in [9.17, 15) is 9.59 Å². The zero-order valence-corrected chi connectivity index (χ0v) is 11.7. The number of amides is 2. The second-order valence-corrected chi connectivity index (χ2v) is 4.87. The van der Waals surface area contributed by atoms with Gasteiger partial charge in [-0.05, 0) is 25.0 Å². The first-order chi connectivity index (χ1) is 10.2. The van der Waals surface area contributed by atoms with Crippen molar-refractivity contribution in [3.63, 3.8) is 0 Å². The van der Waals surface area contributed by atoms with Gasteiger partial charge >= 0.3 is 0 Å². The fraction of sp³-hybridized carbons (Fsp3) is 0.333. The number of hydroxylamine groups is 1. The Morgan fingerprint density at radius 2 is 1.95 bits per heavy atom. The van der Waals surface area contributed by atoms with Crippen LogP contribution in [0.5, 0.6) is 0 Å². The number of carbonyl (C=O) groups excluding carboxylic acids is 2. The van der Waals surface area contributed by atoms with E-state index in [1.165, 1.54) is 0 Å². The summed E-state index contributed by atoms with van der Waals surface area (Å²) in [6.45, 7) is 0.564. The van der Waals surface area contributed by atoms with Gasteiger partial charge in [0.25, 0.3) is 5.91 Å². The fourth-order valence-corrected chi connectivity index (χ4v) is 2.14. The number of rotatable bonds is 7. The molecule has 1 aromatic carbocycles. The van der Waals surface area contributed by atoms with Crippen LogP contribution in [-0.4, -0.2) is 28.6 Å². The minimum atomic E-state index is -0.378. The van der Waals surface area contributed by atoms with Crippen molar-refractivity contribution in [2.45, 2.75) is 25.7 Å². The van der Waals surface area contributed by atoms with Gasteiger partial charge in [-0.3, -0.25) is 14.8 Å². The van der Waals surface area contributed by atoms with Gasteiger partial charge in [-0.2, -0.15) is 0 Å². The van der Waals surface area contributed by atoms with Gasteiger partial charge < -0.3 is 10.3 Å². The minimum absolute atomic E-state index is 0.126. The number of hydrogen-bond acceptors (Lipinski definition) is 3. The van der Waals surface area contributed by atoms with Crippen LogP contribution in [0.2, 0.25) is 0 Å². The molecule has 0 saturated heterocycles. The van der Waals surface area contributed by atoms with Gasteiger partial charge in [0.1, 0.15) is 5.69 Å². The SMILES string of the molecule is O=C(CCCCCNC(=O)c1cc2ccccc2[nH]1)NO. The third-order valence-corrected chi connectivity index (χ3v) is 3.27. The number of aromatic nitrogens is 1. The molecule has 0 unspecified atom stereocenters. The summed E-state index contributed by atoms with van der Waals surface area (Å²) in [4.78, 5) is 25.8. The summed E-state index contributed by atoms with van der Waals surface area (Å²) in [7, 11) is 0. The van der Waals surface area contributed by atoms with Gasteiger partial charge in [0, 0.05) is 23.9 Å². The maximum atomic E-state index is 12.0. The van der Waals surface area contributed by atoms with Crippen LogP contribution in [0.25, 0.3) is 10.9 Å². The number of hydrogen-bond donors (Lipinski definition) is 4. The van der Waals surface area contributed by atoms with E-state index in [0.29, 0.717) is 25.1 Å². The average molecular weight is 289 g/mol. The quantitative estimate of drug-likeness (QED) is 0.356. The Kier molecular flexibility index (Phi) is 5.34. The van der Waals surface area contributed by atoms with Crippen molar-refractivity contribution in [3.8, 4) is 0 Å². The first-order valence-corrected chi connectivity index (χ1v) is 6.99. The Labute approximate surface area is 122 Å². The second-order valence-electron chi connectivity index (χ2n) is 4.87. The highest BCUT2D eigenvalue weighted by molar-refractivity contribution is 5.97.